The van der Waals surface area contributed by atoms with Crippen molar-refractivity contribution in [2.24, 2.45) is 5.73 Å². The van der Waals surface area contributed by atoms with Gasteiger partial charge in [-0.3, -0.25) is 0 Å². The highest BCUT2D eigenvalue weighted by molar-refractivity contribution is 6.36. The van der Waals surface area contributed by atoms with Crippen molar-refractivity contribution in [3.05, 3.63) is 33.8 Å². The fraction of sp³-hybridized carbons (Fsp3) is 0.500. The number of hydrogen-bond donors (Lipinski definition) is 1. The lowest BCUT2D eigenvalue weighted by Gasteiger charge is -2.28. The summed E-state index contributed by atoms with van der Waals surface area (Å²) in [7, 11) is 0. The summed E-state index contributed by atoms with van der Waals surface area (Å²) >= 11 is 12.3. The highest BCUT2D eigenvalue weighted by atomic mass is 35.5. The van der Waals surface area contributed by atoms with Gasteiger partial charge in [0.05, 0.1) is 6.10 Å². The van der Waals surface area contributed by atoms with Gasteiger partial charge in [-0.05, 0) is 37.5 Å². The molecule has 2 rings (SSSR count). The van der Waals surface area contributed by atoms with E-state index in [2.05, 4.69) is 0 Å². The monoisotopic (exact) mass is 259 g/mol. The molecule has 1 fully saturated rings. The smallest absolute Gasteiger partial charge is 0.0730 e. The van der Waals surface area contributed by atoms with Crippen molar-refractivity contribution in [2.75, 3.05) is 6.61 Å². The van der Waals surface area contributed by atoms with Crippen molar-refractivity contribution in [2.45, 2.75) is 31.4 Å². The van der Waals surface area contributed by atoms with E-state index >= 15 is 0 Å². The predicted molar refractivity (Wildman–Crippen MR) is 67.1 cm³/mol. The van der Waals surface area contributed by atoms with E-state index in [-0.39, 0.29) is 11.6 Å². The Labute approximate surface area is 106 Å². The molecular formula is C12H15Cl2NO. The molecule has 0 saturated carbocycles. The number of halogens is 2. The summed E-state index contributed by atoms with van der Waals surface area (Å²) in [5.74, 6) is 0. The summed E-state index contributed by atoms with van der Waals surface area (Å²) in [6.07, 6.45) is 1.54. The van der Waals surface area contributed by atoms with Gasteiger partial charge in [0, 0.05) is 22.2 Å². The number of ether oxygens (including phenoxy) is 1. The molecule has 1 aliphatic heterocycles. The van der Waals surface area contributed by atoms with Gasteiger partial charge < -0.3 is 10.5 Å². The zero-order valence-electron chi connectivity index (χ0n) is 9.17. The van der Waals surface area contributed by atoms with Crippen molar-refractivity contribution >= 4 is 23.2 Å². The Balaban J connectivity index is 2.27. The molecule has 4 heteroatoms. The van der Waals surface area contributed by atoms with Crippen LogP contribution in [0, 0.1) is 0 Å². The zero-order chi connectivity index (χ0) is 11.8. The van der Waals surface area contributed by atoms with Gasteiger partial charge in [0.1, 0.15) is 0 Å². The minimum absolute atomic E-state index is 0.0415. The second kappa shape index (κ2) is 4.53. The molecule has 2 N–H and O–H groups in total. The van der Waals surface area contributed by atoms with Crippen LogP contribution < -0.4 is 5.73 Å². The quantitative estimate of drug-likeness (QED) is 0.887. The Morgan fingerprint density at radius 1 is 1.44 bits per heavy atom. The van der Waals surface area contributed by atoms with Gasteiger partial charge in [0.25, 0.3) is 0 Å². The summed E-state index contributed by atoms with van der Waals surface area (Å²) in [5, 5.41) is 1.35. The minimum atomic E-state index is -0.353. The third-order valence-electron chi connectivity index (χ3n) is 3.31. The Bertz CT molecular complexity index is 376. The first-order valence-electron chi connectivity index (χ1n) is 5.36. The molecule has 16 heavy (non-hydrogen) atoms. The first-order chi connectivity index (χ1) is 7.53. The summed E-state index contributed by atoms with van der Waals surface area (Å²) in [6.45, 7) is 2.71. The molecule has 0 amide bonds. The summed E-state index contributed by atoms with van der Waals surface area (Å²) in [5.41, 5.74) is 6.90. The van der Waals surface area contributed by atoms with Crippen molar-refractivity contribution in [1.82, 2.24) is 0 Å². The van der Waals surface area contributed by atoms with Crippen LogP contribution in [-0.2, 0) is 11.2 Å². The van der Waals surface area contributed by atoms with Crippen LogP contribution in [0.1, 0.15) is 18.9 Å². The average Bonchev–Trinajstić information content (AvgIpc) is 2.54. The maximum atomic E-state index is 6.33. The van der Waals surface area contributed by atoms with E-state index < -0.39 is 0 Å². The molecule has 2 atom stereocenters. The van der Waals surface area contributed by atoms with Crippen LogP contribution >= 0.6 is 23.2 Å². The number of rotatable bonds is 2. The van der Waals surface area contributed by atoms with Gasteiger partial charge in [0.2, 0.25) is 0 Å². The standard InChI is InChI=1S/C12H15Cl2NO/c1-8-12(15,5-6-16-8)7-9-10(13)3-2-4-11(9)14/h2-4,8H,5-7,15H2,1H3. The molecule has 2 unspecified atom stereocenters. The van der Waals surface area contributed by atoms with Crippen molar-refractivity contribution in [3.63, 3.8) is 0 Å². The molecular weight excluding hydrogens is 245 g/mol. The Morgan fingerprint density at radius 2 is 2.06 bits per heavy atom. The lowest BCUT2D eigenvalue weighted by molar-refractivity contribution is 0.0955. The minimum Gasteiger partial charge on any atom is -0.377 e. The molecule has 1 heterocycles. The molecule has 1 aromatic carbocycles. The van der Waals surface area contributed by atoms with Crippen molar-refractivity contribution in [1.29, 1.82) is 0 Å². The average molecular weight is 260 g/mol. The Kier molecular flexibility index (Phi) is 3.45. The molecule has 0 aliphatic carbocycles. The highest BCUT2D eigenvalue weighted by Crippen LogP contribution is 2.33. The molecule has 0 radical (unpaired) electrons. The third-order valence-corrected chi connectivity index (χ3v) is 4.02. The Morgan fingerprint density at radius 3 is 2.56 bits per heavy atom. The van der Waals surface area contributed by atoms with Gasteiger partial charge >= 0.3 is 0 Å². The fourth-order valence-corrected chi connectivity index (χ4v) is 2.59. The highest BCUT2D eigenvalue weighted by Gasteiger charge is 2.38. The van der Waals surface area contributed by atoms with Crippen LogP contribution in [0.25, 0.3) is 0 Å². The molecule has 88 valence electrons. The molecule has 1 aliphatic rings. The molecule has 0 aromatic heterocycles. The molecule has 2 nitrogen and oxygen atoms in total. The second-order valence-electron chi connectivity index (χ2n) is 4.37. The SMILES string of the molecule is CC1OCCC1(N)Cc1c(Cl)cccc1Cl. The van der Waals surface area contributed by atoms with E-state index in [1.54, 1.807) is 0 Å². The summed E-state index contributed by atoms with van der Waals surface area (Å²) in [6, 6.07) is 5.52. The van der Waals surface area contributed by atoms with Crippen LogP contribution in [0.3, 0.4) is 0 Å². The summed E-state index contributed by atoms with van der Waals surface area (Å²) < 4.78 is 5.51. The predicted octanol–water partition coefficient (Wildman–Crippen LogP) is 3.04. The second-order valence-corrected chi connectivity index (χ2v) is 5.19. The van der Waals surface area contributed by atoms with E-state index in [0.717, 1.165) is 12.0 Å². The third kappa shape index (κ3) is 2.21. The topological polar surface area (TPSA) is 35.2 Å². The first kappa shape index (κ1) is 12.2. The largest absolute Gasteiger partial charge is 0.377 e. The van der Waals surface area contributed by atoms with E-state index in [4.69, 9.17) is 33.7 Å². The zero-order valence-corrected chi connectivity index (χ0v) is 10.7. The maximum absolute atomic E-state index is 6.33. The first-order valence-corrected chi connectivity index (χ1v) is 6.12. The molecule has 1 saturated heterocycles. The van der Waals surface area contributed by atoms with E-state index in [0.29, 0.717) is 23.1 Å². The van der Waals surface area contributed by atoms with Gasteiger partial charge in [0.15, 0.2) is 0 Å². The van der Waals surface area contributed by atoms with E-state index in [1.807, 2.05) is 25.1 Å². The van der Waals surface area contributed by atoms with Gasteiger partial charge in [-0.1, -0.05) is 29.3 Å². The van der Waals surface area contributed by atoms with Gasteiger partial charge in [-0.15, -0.1) is 0 Å². The lowest BCUT2D eigenvalue weighted by atomic mass is 9.86. The van der Waals surface area contributed by atoms with Crippen molar-refractivity contribution in [3.8, 4) is 0 Å². The lowest BCUT2D eigenvalue weighted by Crippen LogP contribution is -2.48. The number of nitrogens with two attached hydrogens (primary N) is 1. The normalized spacial score (nSPS) is 29.6. The molecule has 1 aromatic rings. The van der Waals surface area contributed by atoms with Gasteiger partial charge in [-0.2, -0.15) is 0 Å². The van der Waals surface area contributed by atoms with Crippen molar-refractivity contribution < 1.29 is 4.74 Å². The van der Waals surface area contributed by atoms with Crippen LogP contribution in [0.5, 0.6) is 0 Å². The number of benzene rings is 1. The van der Waals surface area contributed by atoms with E-state index in [1.165, 1.54) is 0 Å². The maximum Gasteiger partial charge on any atom is 0.0730 e. The van der Waals surface area contributed by atoms with Crippen LogP contribution in [-0.4, -0.2) is 18.2 Å². The molecule has 0 spiro atoms. The van der Waals surface area contributed by atoms with Crippen LogP contribution in [0.15, 0.2) is 18.2 Å². The number of hydrogen-bond acceptors (Lipinski definition) is 2. The Hall–Kier alpha value is -0.280. The fourth-order valence-electron chi connectivity index (χ4n) is 2.06. The summed E-state index contributed by atoms with van der Waals surface area (Å²) in [4.78, 5) is 0. The van der Waals surface area contributed by atoms with Gasteiger partial charge in [-0.25, -0.2) is 0 Å². The van der Waals surface area contributed by atoms with Crippen LogP contribution in [0.2, 0.25) is 10.0 Å². The van der Waals surface area contributed by atoms with Crippen LogP contribution in [0.4, 0.5) is 0 Å². The molecule has 0 bridgehead atoms. The van der Waals surface area contributed by atoms with E-state index in [9.17, 15) is 0 Å².